The second-order valence-electron chi connectivity index (χ2n) is 26.7. The molecule has 2 amide bonds. The quantitative estimate of drug-likeness (QED) is 0.0363. The second kappa shape index (κ2) is 37.9. The van der Waals surface area contributed by atoms with Crippen LogP contribution in [0.1, 0.15) is 13.8 Å². The summed E-state index contributed by atoms with van der Waals surface area (Å²) in [5, 5.41) is 301. The minimum absolute atomic E-state index is 0.788. The van der Waals surface area contributed by atoms with Crippen LogP contribution < -0.4 is 10.6 Å². The molecule has 48 heteroatoms. The number of amides is 2. The van der Waals surface area contributed by atoms with E-state index >= 15 is 0 Å². The lowest BCUT2D eigenvalue weighted by Gasteiger charge is -2.51. The summed E-state index contributed by atoms with van der Waals surface area (Å²) in [6.45, 7) is -7.74. The molecule has 3 unspecified atom stereocenters. The molecule has 9 fully saturated rings. The van der Waals surface area contributed by atoms with Crippen LogP contribution in [0, 0.1) is 0 Å². The lowest BCUT2D eigenvalue weighted by atomic mass is 9.94. The number of hydrogen-bond donors (Lipinski definition) is 29. The first-order valence-electron chi connectivity index (χ1n) is 33.7. The topological polar surface area (TPSA) is 761 Å². The number of carbonyl (C=O) groups excluding carboxylic acids is 2. The van der Waals surface area contributed by atoms with Crippen LogP contribution in [-0.2, 0) is 90.1 Å². The third-order valence-corrected chi connectivity index (χ3v) is 19.5. The van der Waals surface area contributed by atoms with Gasteiger partial charge in [-0.2, -0.15) is 0 Å². The van der Waals surface area contributed by atoms with Gasteiger partial charge in [-0.15, -0.1) is 0 Å². The number of rotatable bonds is 27. The second-order valence-corrected chi connectivity index (χ2v) is 26.7. The van der Waals surface area contributed by atoms with Gasteiger partial charge in [-0.1, -0.05) is 0 Å². The van der Waals surface area contributed by atoms with Crippen molar-refractivity contribution in [3.05, 3.63) is 0 Å². The molecule has 0 aliphatic carbocycles. The van der Waals surface area contributed by atoms with Gasteiger partial charge in [-0.25, -0.2) is 0 Å². The van der Waals surface area contributed by atoms with Crippen LogP contribution in [0.2, 0.25) is 0 Å². The molecule has 9 heterocycles. The molecule has 9 rings (SSSR count). The Morgan fingerprint density at radius 2 is 0.509 bits per heavy atom. The first kappa shape index (κ1) is 87.2. The van der Waals surface area contributed by atoms with Crippen LogP contribution in [0.4, 0.5) is 0 Å². The first-order chi connectivity index (χ1) is 50.2. The molecule has 0 spiro atoms. The Kier molecular flexibility index (Phi) is 31.1. The molecule has 0 aromatic heterocycles. The van der Waals surface area contributed by atoms with Crippen LogP contribution >= 0.6 is 0 Å². The summed E-state index contributed by atoms with van der Waals surface area (Å²) < 4.78 is 98.9. The Morgan fingerprint density at radius 1 is 0.245 bits per heavy atom. The van der Waals surface area contributed by atoms with Crippen molar-refractivity contribution in [3.8, 4) is 0 Å². The highest BCUT2D eigenvalue weighted by atomic mass is 16.8. The number of nitrogens with one attached hydrogen (secondary N) is 2. The normalized spacial score (nSPS) is 51.2. The van der Waals surface area contributed by atoms with Gasteiger partial charge in [0.1, 0.15) is 220 Å². The van der Waals surface area contributed by atoms with Crippen LogP contribution in [0.25, 0.3) is 0 Å². The first-order valence-corrected chi connectivity index (χ1v) is 33.7. The SMILES string of the molecule is CC(=O)N[C@@H]1[C@H](O[C@H]2[C@@H](O)[C@H](NC(C)=O)[C@H](O)O[C@@H]2CO)O[C@H](CO)[C@@H](O[C@H]2O[C@H](CO[C@H]3O[C@@H](CO[C@H]4O[C@@H](CO)[C@@H](O)[C@H](O)[C@@H]4O)[C@@H](O)[C@H](O[C@H]4O[C@@H](CO)[C@@H](O)[C@H](O)C4O)[C@@H]3O)[C@H](O)[C@H](O[C@H]3OC(CO)[C@@H](O)[C@H](O)[C@@H]3O[C@H]3O[C@@H](CO)[C@@H](O)[C@H](O)[C@@H]3O[C@H]3OC(CO)[C@@H](O)[C@H](O)[C@@H]3O)[C@H]2O)[C@H]1O. The lowest BCUT2D eigenvalue weighted by Crippen LogP contribution is -2.70. The molecule has 616 valence electrons. The lowest BCUT2D eigenvalue weighted by molar-refractivity contribution is -0.408. The number of ether oxygens (including phenoxy) is 17. The standard InChI is InChI=1S/C58H98N2O46/c1-12(68)59-23-32(77)44(19(8-66)92-50(23)89)101-51-24(60-13(2)69)33(78)45(20(9-67)98-51)102-56-43(88)47(104-57-49(38(83)29(74)17(6-64)96-57)106-58-48(37(82)28(73)18(7-65)97-58)105-55-41(86)36(81)27(72)16(5-63)95-55)31(76)22(100-56)11-91-53-42(87)46(103-54-40(85)35(80)26(71)15(4-62)94-54)30(75)21(99-53)10-90-52-39(84)34(79)25(70)14(3-61)93-52/h14-58,61-67,70-89H,3-11H2,1-2H3,(H,59,68)(H,60,69)/t14-,15-,16?,17?,18-,19+,20+,21-,22+,23-,24-,25+,26+,27+,28+,29+,30+,31-,32-,33-,34-,35-,36-,37-,38-,39-,40?,41-,42-,43+,44+,45+,46-,47-,48-,49-,50+,51-,52-,53-,54+,55+,56+,57+,58+/m0/s1. The van der Waals surface area contributed by atoms with Gasteiger partial charge in [0.05, 0.1) is 59.5 Å². The van der Waals surface area contributed by atoms with Crippen molar-refractivity contribution < 1.29 is 228 Å². The van der Waals surface area contributed by atoms with E-state index < -0.39 is 348 Å². The predicted octanol–water partition coefficient (Wildman–Crippen LogP) is -20.3. The minimum atomic E-state index is -2.58. The Hall–Kier alpha value is -2.82. The zero-order valence-corrected chi connectivity index (χ0v) is 56.2. The third kappa shape index (κ3) is 18.7. The number of carbonyl (C=O) groups is 2. The maximum Gasteiger partial charge on any atom is 0.217 e. The number of hydrogen-bond acceptors (Lipinski definition) is 46. The van der Waals surface area contributed by atoms with Gasteiger partial charge in [0.2, 0.25) is 11.8 Å². The van der Waals surface area contributed by atoms with E-state index in [1.807, 2.05) is 0 Å². The zero-order valence-electron chi connectivity index (χ0n) is 56.2. The van der Waals surface area contributed by atoms with Gasteiger partial charge in [-0.05, 0) is 0 Å². The fourth-order valence-corrected chi connectivity index (χ4v) is 13.5. The zero-order chi connectivity index (χ0) is 77.9. The molecule has 0 aromatic carbocycles. The Morgan fingerprint density at radius 3 is 0.925 bits per heavy atom. The molecule has 0 radical (unpaired) electrons. The van der Waals surface area contributed by atoms with E-state index in [2.05, 4.69) is 10.6 Å². The van der Waals surface area contributed by atoms with E-state index in [0.717, 1.165) is 13.8 Å². The van der Waals surface area contributed by atoms with Crippen molar-refractivity contribution in [1.82, 2.24) is 10.6 Å². The minimum Gasteiger partial charge on any atom is -0.394 e. The van der Waals surface area contributed by atoms with Gasteiger partial charge in [0.25, 0.3) is 0 Å². The molecule has 9 aliphatic heterocycles. The van der Waals surface area contributed by atoms with Crippen LogP contribution in [0.3, 0.4) is 0 Å². The molecule has 9 saturated heterocycles. The highest BCUT2D eigenvalue weighted by molar-refractivity contribution is 5.73. The number of aliphatic hydroxyl groups excluding tert-OH is 27. The van der Waals surface area contributed by atoms with Gasteiger partial charge in [0, 0.05) is 13.8 Å². The van der Waals surface area contributed by atoms with Crippen molar-refractivity contribution in [2.45, 2.75) is 290 Å². The van der Waals surface area contributed by atoms with Crippen LogP contribution in [-0.4, -0.2) is 485 Å². The molecule has 45 atom stereocenters. The summed E-state index contributed by atoms with van der Waals surface area (Å²) in [4.78, 5) is 25.1. The Balaban J connectivity index is 1.06. The largest absolute Gasteiger partial charge is 0.394 e. The van der Waals surface area contributed by atoms with E-state index in [4.69, 9.17) is 80.5 Å². The van der Waals surface area contributed by atoms with E-state index in [0.29, 0.717) is 0 Å². The fraction of sp³-hybridized carbons (Fsp3) is 0.966. The van der Waals surface area contributed by atoms with Crippen molar-refractivity contribution in [2.75, 3.05) is 59.5 Å². The van der Waals surface area contributed by atoms with Crippen molar-refractivity contribution >= 4 is 11.8 Å². The predicted molar refractivity (Wildman–Crippen MR) is 320 cm³/mol. The molecular formula is C58H98N2O46. The third-order valence-electron chi connectivity index (χ3n) is 19.5. The van der Waals surface area contributed by atoms with Crippen molar-refractivity contribution in [1.29, 1.82) is 0 Å². The Labute approximate surface area is 598 Å². The molecule has 9 aliphatic rings. The van der Waals surface area contributed by atoms with E-state index in [1.165, 1.54) is 0 Å². The summed E-state index contributed by atoms with van der Waals surface area (Å²) in [6.07, 6.45) is -90.8. The maximum absolute atomic E-state index is 12.9. The van der Waals surface area contributed by atoms with Gasteiger partial charge in [-0.3, -0.25) is 9.59 Å². The molecule has 29 N–H and O–H groups in total. The summed E-state index contributed by atoms with van der Waals surface area (Å²) in [5.41, 5.74) is 0. The average Bonchev–Trinajstić information content (AvgIpc) is 0.772. The maximum atomic E-state index is 12.9. The number of aliphatic hydroxyl groups is 27. The Bertz CT molecular complexity index is 2710. The van der Waals surface area contributed by atoms with Gasteiger partial charge in [0.15, 0.2) is 56.6 Å². The molecule has 0 saturated carbocycles. The summed E-state index contributed by atoms with van der Waals surface area (Å²) in [6, 6.07) is -3.57. The molecular weight excluding hydrogens is 1460 g/mol. The van der Waals surface area contributed by atoms with Crippen molar-refractivity contribution in [2.24, 2.45) is 0 Å². The highest BCUT2D eigenvalue weighted by Gasteiger charge is 2.60. The van der Waals surface area contributed by atoms with Crippen molar-refractivity contribution in [3.63, 3.8) is 0 Å². The summed E-state index contributed by atoms with van der Waals surface area (Å²) in [5.74, 6) is -1.73. The highest BCUT2D eigenvalue weighted by Crippen LogP contribution is 2.40. The molecule has 0 aromatic rings. The smallest absolute Gasteiger partial charge is 0.217 e. The molecule has 106 heavy (non-hydrogen) atoms. The monoisotopic (exact) mass is 1560 g/mol. The van der Waals surface area contributed by atoms with E-state index in [-0.39, 0.29) is 0 Å². The van der Waals surface area contributed by atoms with Gasteiger partial charge < -0.3 is 229 Å². The molecule has 0 bridgehead atoms. The van der Waals surface area contributed by atoms with Crippen LogP contribution in [0.15, 0.2) is 0 Å². The van der Waals surface area contributed by atoms with E-state index in [1.54, 1.807) is 0 Å². The van der Waals surface area contributed by atoms with E-state index in [9.17, 15) is 147 Å². The van der Waals surface area contributed by atoms with Gasteiger partial charge >= 0.3 is 0 Å². The average molecular weight is 1560 g/mol. The fourth-order valence-electron chi connectivity index (χ4n) is 13.5. The molecule has 48 nitrogen and oxygen atoms in total. The summed E-state index contributed by atoms with van der Waals surface area (Å²) in [7, 11) is 0. The van der Waals surface area contributed by atoms with Crippen LogP contribution in [0.5, 0.6) is 0 Å². The summed E-state index contributed by atoms with van der Waals surface area (Å²) >= 11 is 0.